The molecule has 2 rings (SSSR count). The van der Waals surface area contributed by atoms with Gasteiger partial charge in [0.05, 0.1) is 5.69 Å². The number of aromatic nitrogens is 2. The minimum atomic E-state index is -0.166. The molecule has 0 aliphatic carbocycles. The number of likely N-dealkylation sites (tertiary alicyclic amines) is 1. The standard InChI is InChI=1S/C13H20N4O3/c1-16(2)13-14-10(6-11(18)15-13)9-4-5-17(7-9)12(19)8-20-3/h6,9H,4-5,7-8H2,1-3H3,(H,14,15,18). The minimum Gasteiger partial charge on any atom is -0.375 e. The third-order valence-electron chi connectivity index (χ3n) is 3.40. The Morgan fingerprint density at radius 2 is 2.35 bits per heavy atom. The molecule has 1 N–H and O–H groups in total. The van der Waals surface area contributed by atoms with Crippen molar-refractivity contribution >= 4 is 11.9 Å². The first-order chi connectivity index (χ1) is 9.51. The molecule has 1 aliphatic rings. The van der Waals surface area contributed by atoms with Crippen molar-refractivity contribution in [2.45, 2.75) is 12.3 Å². The molecular formula is C13H20N4O3. The van der Waals surface area contributed by atoms with Gasteiger partial charge in [-0.15, -0.1) is 0 Å². The molecule has 0 saturated carbocycles. The third kappa shape index (κ3) is 3.16. The van der Waals surface area contributed by atoms with E-state index >= 15 is 0 Å². The van der Waals surface area contributed by atoms with Gasteiger partial charge in [-0.25, -0.2) is 4.98 Å². The van der Waals surface area contributed by atoms with Crippen LogP contribution in [0.3, 0.4) is 0 Å². The molecule has 1 amide bonds. The quantitative estimate of drug-likeness (QED) is 0.826. The lowest BCUT2D eigenvalue weighted by atomic mass is 10.1. The van der Waals surface area contributed by atoms with Gasteiger partial charge < -0.3 is 14.5 Å². The van der Waals surface area contributed by atoms with Crippen molar-refractivity contribution in [2.75, 3.05) is 45.8 Å². The zero-order valence-corrected chi connectivity index (χ0v) is 12.0. The molecule has 20 heavy (non-hydrogen) atoms. The second-order valence-corrected chi connectivity index (χ2v) is 5.15. The second-order valence-electron chi connectivity index (χ2n) is 5.15. The average Bonchev–Trinajstić information content (AvgIpc) is 2.88. The van der Waals surface area contributed by atoms with E-state index < -0.39 is 0 Å². The van der Waals surface area contributed by atoms with Crippen LogP contribution in [0.5, 0.6) is 0 Å². The molecule has 1 unspecified atom stereocenters. The summed E-state index contributed by atoms with van der Waals surface area (Å²) in [4.78, 5) is 34.1. The fourth-order valence-corrected chi connectivity index (χ4v) is 2.33. The Labute approximate surface area is 117 Å². The molecule has 1 aliphatic heterocycles. The largest absolute Gasteiger partial charge is 0.375 e. The number of hydrogen-bond donors (Lipinski definition) is 1. The highest BCUT2D eigenvalue weighted by Gasteiger charge is 2.28. The van der Waals surface area contributed by atoms with Gasteiger partial charge in [0, 0.05) is 46.3 Å². The number of aromatic amines is 1. The fourth-order valence-electron chi connectivity index (χ4n) is 2.33. The summed E-state index contributed by atoms with van der Waals surface area (Å²) in [7, 11) is 5.16. The van der Waals surface area contributed by atoms with Crippen LogP contribution in [-0.4, -0.2) is 61.7 Å². The first-order valence-corrected chi connectivity index (χ1v) is 6.56. The van der Waals surface area contributed by atoms with Gasteiger partial charge >= 0.3 is 0 Å². The van der Waals surface area contributed by atoms with Gasteiger partial charge in [0.25, 0.3) is 5.56 Å². The molecule has 0 radical (unpaired) electrons. The number of nitrogens with zero attached hydrogens (tertiary/aromatic N) is 3. The Hall–Kier alpha value is -1.89. The number of anilines is 1. The third-order valence-corrected chi connectivity index (χ3v) is 3.40. The van der Waals surface area contributed by atoms with E-state index in [9.17, 15) is 9.59 Å². The Kier molecular flexibility index (Phi) is 4.39. The molecule has 110 valence electrons. The number of carbonyl (C=O) groups excluding carboxylic acids is 1. The van der Waals surface area contributed by atoms with Crippen molar-refractivity contribution < 1.29 is 9.53 Å². The number of rotatable bonds is 4. The Bertz CT molecular complexity index is 541. The van der Waals surface area contributed by atoms with Crippen LogP contribution in [0.25, 0.3) is 0 Å². The Morgan fingerprint density at radius 3 is 3.00 bits per heavy atom. The van der Waals surface area contributed by atoms with Gasteiger partial charge in [-0.1, -0.05) is 0 Å². The lowest BCUT2D eigenvalue weighted by Crippen LogP contribution is -2.31. The summed E-state index contributed by atoms with van der Waals surface area (Å²) in [5.41, 5.74) is 0.575. The number of ether oxygens (including phenoxy) is 1. The summed E-state index contributed by atoms with van der Waals surface area (Å²) in [6.45, 7) is 1.36. The van der Waals surface area contributed by atoms with E-state index in [0.717, 1.165) is 12.1 Å². The van der Waals surface area contributed by atoms with Gasteiger partial charge in [-0.2, -0.15) is 0 Å². The molecule has 0 spiro atoms. The summed E-state index contributed by atoms with van der Waals surface area (Å²) in [5.74, 6) is 0.624. The van der Waals surface area contributed by atoms with E-state index in [1.165, 1.54) is 13.2 Å². The van der Waals surface area contributed by atoms with Gasteiger partial charge in [0.1, 0.15) is 6.61 Å². The monoisotopic (exact) mass is 280 g/mol. The van der Waals surface area contributed by atoms with Crippen molar-refractivity contribution in [3.05, 3.63) is 22.1 Å². The number of nitrogens with one attached hydrogen (secondary N) is 1. The predicted molar refractivity (Wildman–Crippen MR) is 75.0 cm³/mol. The lowest BCUT2D eigenvalue weighted by molar-refractivity contribution is -0.134. The van der Waals surface area contributed by atoms with E-state index in [1.54, 1.807) is 9.80 Å². The molecule has 1 saturated heterocycles. The number of H-pyrrole nitrogens is 1. The summed E-state index contributed by atoms with van der Waals surface area (Å²) in [6, 6.07) is 1.52. The molecule has 1 aromatic rings. The van der Waals surface area contributed by atoms with Crippen LogP contribution in [-0.2, 0) is 9.53 Å². The number of carbonyl (C=O) groups is 1. The second kappa shape index (κ2) is 6.04. The highest BCUT2D eigenvalue weighted by molar-refractivity contribution is 5.77. The summed E-state index contributed by atoms with van der Waals surface area (Å²) < 4.78 is 4.86. The first-order valence-electron chi connectivity index (χ1n) is 6.56. The van der Waals surface area contributed by atoms with Crippen LogP contribution in [0.4, 0.5) is 5.95 Å². The smallest absolute Gasteiger partial charge is 0.252 e. The zero-order valence-electron chi connectivity index (χ0n) is 12.0. The summed E-state index contributed by atoms with van der Waals surface area (Å²) in [6.07, 6.45) is 0.818. The van der Waals surface area contributed by atoms with Crippen LogP contribution in [0.15, 0.2) is 10.9 Å². The van der Waals surface area contributed by atoms with Crippen LogP contribution in [0, 0.1) is 0 Å². The molecule has 0 bridgehead atoms. The summed E-state index contributed by atoms with van der Waals surface area (Å²) >= 11 is 0. The summed E-state index contributed by atoms with van der Waals surface area (Å²) in [5, 5.41) is 0. The van der Waals surface area contributed by atoms with Crippen molar-refractivity contribution in [3.8, 4) is 0 Å². The van der Waals surface area contributed by atoms with Crippen LogP contribution in [0.1, 0.15) is 18.0 Å². The lowest BCUT2D eigenvalue weighted by Gasteiger charge is -2.17. The van der Waals surface area contributed by atoms with E-state index in [2.05, 4.69) is 9.97 Å². The zero-order chi connectivity index (χ0) is 14.7. The van der Waals surface area contributed by atoms with Gasteiger partial charge in [-0.3, -0.25) is 14.6 Å². The number of amides is 1. The minimum absolute atomic E-state index is 0.0207. The van der Waals surface area contributed by atoms with Gasteiger partial charge in [0.2, 0.25) is 11.9 Å². The van der Waals surface area contributed by atoms with Crippen LogP contribution in [0.2, 0.25) is 0 Å². The molecule has 1 atom stereocenters. The topological polar surface area (TPSA) is 78.5 Å². The number of methoxy groups -OCH3 is 1. The fraction of sp³-hybridized carbons (Fsp3) is 0.615. The van der Waals surface area contributed by atoms with E-state index in [-0.39, 0.29) is 24.0 Å². The van der Waals surface area contributed by atoms with Crippen molar-refractivity contribution in [3.63, 3.8) is 0 Å². The van der Waals surface area contributed by atoms with E-state index in [4.69, 9.17) is 4.74 Å². The SMILES string of the molecule is COCC(=O)N1CCC(c2cc(=O)[nH]c(N(C)C)n2)C1. The van der Waals surface area contributed by atoms with E-state index in [0.29, 0.717) is 19.0 Å². The maximum Gasteiger partial charge on any atom is 0.252 e. The normalized spacial score (nSPS) is 18.4. The van der Waals surface area contributed by atoms with Gasteiger partial charge in [-0.05, 0) is 6.42 Å². The van der Waals surface area contributed by atoms with Crippen molar-refractivity contribution in [2.24, 2.45) is 0 Å². The van der Waals surface area contributed by atoms with Crippen molar-refractivity contribution in [1.29, 1.82) is 0 Å². The van der Waals surface area contributed by atoms with E-state index in [1.807, 2.05) is 14.1 Å². The molecule has 1 fully saturated rings. The number of hydrogen-bond acceptors (Lipinski definition) is 5. The molecule has 2 heterocycles. The Morgan fingerprint density at radius 1 is 1.60 bits per heavy atom. The van der Waals surface area contributed by atoms with Crippen LogP contribution >= 0.6 is 0 Å². The molecule has 0 aromatic carbocycles. The maximum atomic E-state index is 11.8. The highest BCUT2D eigenvalue weighted by atomic mass is 16.5. The molecular weight excluding hydrogens is 260 g/mol. The molecule has 7 heteroatoms. The van der Waals surface area contributed by atoms with Gasteiger partial charge in [0.15, 0.2) is 0 Å². The molecule has 1 aromatic heterocycles. The highest BCUT2D eigenvalue weighted by Crippen LogP contribution is 2.25. The van der Waals surface area contributed by atoms with Crippen LogP contribution < -0.4 is 10.5 Å². The predicted octanol–water partition coefficient (Wildman–Crippen LogP) is -0.202. The molecule has 7 nitrogen and oxygen atoms in total. The first kappa shape index (κ1) is 14.5. The average molecular weight is 280 g/mol. The maximum absolute atomic E-state index is 11.8. The Balaban J connectivity index is 2.14. The van der Waals surface area contributed by atoms with Crippen molar-refractivity contribution in [1.82, 2.24) is 14.9 Å².